The van der Waals surface area contributed by atoms with Crippen molar-refractivity contribution in [3.8, 4) is 0 Å². The number of aromatic amines is 1. The Morgan fingerprint density at radius 3 is 2.75 bits per heavy atom. The average molecular weight is 381 g/mol. The summed E-state index contributed by atoms with van der Waals surface area (Å²) in [7, 11) is 3.18. The molecular weight excluding hydrogens is 362 g/mol. The fraction of sp³-hybridized carbons (Fsp3) is 0.278. The summed E-state index contributed by atoms with van der Waals surface area (Å²) in [6.45, 7) is 1.39. The van der Waals surface area contributed by atoms with E-state index in [0.717, 1.165) is 15.6 Å². The Kier molecular flexibility index (Phi) is 4.10. The number of fused-ring (bicyclic) bond motifs is 2. The first-order chi connectivity index (χ1) is 13.4. The van der Waals surface area contributed by atoms with Crippen LogP contribution in [0.5, 0.6) is 0 Å². The molecular formula is C18H19N7O3. The molecule has 0 fully saturated rings. The van der Waals surface area contributed by atoms with Crippen LogP contribution in [0.1, 0.15) is 18.8 Å². The number of amides is 1. The Hall–Kier alpha value is -3.69. The first kappa shape index (κ1) is 17.7. The number of nitrogens with one attached hydrogen (secondary N) is 2. The van der Waals surface area contributed by atoms with Crippen molar-refractivity contribution < 1.29 is 4.79 Å². The van der Waals surface area contributed by atoms with Gasteiger partial charge in [0.25, 0.3) is 5.56 Å². The second-order valence-electron chi connectivity index (χ2n) is 6.69. The standard InChI is InChI=1S/C18H19N7O3/c1-10(15-21-11-6-4-5-7-12(11)22-15)20-13(26)8-25-17(27)14-16(19-9-23(14)2)24(3)18(25)28/h4-7,9-10H,8H2,1-3H3,(H,20,26)(H,21,22)/t10-/m0/s1. The molecule has 0 saturated heterocycles. The molecule has 0 aliphatic carbocycles. The summed E-state index contributed by atoms with van der Waals surface area (Å²) in [5.74, 6) is 0.130. The maximum absolute atomic E-state index is 12.7. The quantitative estimate of drug-likeness (QED) is 0.523. The smallest absolute Gasteiger partial charge is 0.332 e. The van der Waals surface area contributed by atoms with Crippen molar-refractivity contribution in [1.29, 1.82) is 0 Å². The lowest BCUT2D eigenvalue weighted by Crippen LogP contribution is -2.44. The molecule has 1 aromatic carbocycles. The zero-order valence-electron chi connectivity index (χ0n) is 15.6. The number of carbonyl (C=O) groups excluding carboxylic acids is 1. The zero-order valence-corrected chi connectivity index (χ0v) is 15.6. The highest BCUT2D eigenvalue weighted by Crippen LogP contribution is 2.15. The number of nitrogens with zero attached hydrogens (tertiary/aromatic N) is 5. The second-order valence-corrected chi connectivity index (χ2v) is 6.69. The molecule has 0 bridgehead atoms. The minimum atomic E-state index is -0.595. The molecule has 3 aromatic heterocycles. The maximum atomic E-state index is 12.7. The number of benzene rings is 1. The molecule has 0 aliphatic rings. The Bertz CT molecular complexity index is 1290. The third-order valence-corrected chi connectivity index (χ3v) is 4.70. The lowest BCUT2D eigenvalue weighted by molar-refractivity contribution is -0.122. The van der Waals surface area contributed by atoms with Crippen LogP contribution in [0, 0.1) is 0 Å². The normalized spacial score (nSPS) is 12.5. The Labute approximate surface area is 158 Å². The second kappa shape index (κ2) is 6.48. The summed E-state index contributed by atoms with van der Waals surface area (Å²) < 4.78 is 3.69. The number of hydrogen-bond donors (Lipinski definition) is 2. The highest BCUT2D eigenvalue weighted by atomic mass is 16.2. The first-order valence-electron chi connectivity index (χ1n) is 8.71. The molecule has 0 aliphatic heterocycles. The van der Waals surface area contributed by atoms with Gasteiger partial charge in [0.1, 0.15) is 12.4 Å². The van der Waals surface area contributed by atoms with Gasteiger partial charge in [-0.1, -0.05) is 12.1 Å². The van der Waals surface area contributed by atoms with Crippen molar-refractivity contribution in [2.75, 3.05) is 0 Å². The number of hydrogen-bond acceptors (Lipinski definition) is 5. The number of aromatic nitrogens is 6. The third kappa shape index (κ3) is 2.79. The molecule has 144 valence electrons. The van der Waals surface area contributed by atoms with Gasteiger partial charge in [-0.05, 0) is 19.1 Å². The van der Waals surface area contributed by atoms with E-state index >= 15 is 0 Å². The van der Waals surface area contributed by atoms with E-state index < -0.39 is 29.7 Å². The van der Waals surface area contributed by atoms with Gasteiger partial charge in [-0.25, -0.2) is 19.3 Å². The summed E-state index contributed by atoms with van der Waals surface area (Å²) in [4.78, 5) is 49.4. The molecule has 0 spiro atoms. The molecule has 4 aromatic rings. The van der Waals surface area contributed by atoms with E-state index in [1.165, 1.54) is 22.5 Å². The minimum Gasteiger partial charge on any atom is -0.345 e. The Balaban J connectivity index is 1.61. The topological polar surface area (TPSA) is 120 Å². The van der Waals surface area contributed by atoms with E-state index in [4.69, 9.17) is 0 Å². The van der Waals surface area contributed by atoms with Gasteiger partial charge < -0.3 is 14.9 Å². The van der Waals surface area contributed by atoms with E-state index in [-0.39, 0.29) is 11.2 Å². The molecule has 0 saturated carbocycles. The van der Waals surface area contributed by atoms with Crippen LogP contribution in [-0.2, 0) is 25.4 Å². The molecule has 1 amide bonds. The first-order valence-corrected chi connectivity index (χ1v) is 8.71. The van der Waals surface area contributed by atoms with Crippen LogP contribution in [0.2, 0.25) is 0 Å². The van der Waals surface area contributed by atoms with Crippen LogP contribution in [-0.4, -0.2) is 34.6 Å². The van der Waals surface area contributed by atoms with Crippen molar-refractivity contribution in [2.24, 2.45) is 14.1 Å². The van der Waals surface area contributed by atoms with Crippen molar-refractivity contribution in [2.45, 2.75) is 19.5 Å². The van der Waals surface area contributed by atoms with E-state index in [0.29, 0.717) is 5.82 Å². The van der Waals surface area contributed by atoms with Gasteiger partial charge in [0.15, 0.2) is 11.2 Å². The average Bonchev–Trinajstić information content (AvgIpc) is 3.27. The molecule has 10 nitrogen and oxygen atoms in total. The predicted octanol–water partition coefficient (Wildman–Crippen LogP) is 0.187. The maximum Gasteiger partial charge on any atom is 0.332 e. The molecule has 3 heterocycles. The molecule has 4 rings (SSSR count). The van der Waals surface area contributed by atoms with E-state index in [9.17, 15) is 14.4 Å². The molecule has 0 unspecified atom stereocenters. The number of imidazole rings is 2. The Morgan fingerprint density at radius 1 is 1.25 bits per heavy atom. The predicted molar refractivity (Wildman–Crippen MR) is 103 cm³/mol. The molecule has 28 heavy (non-hydrogen) atoms. The summed E-state index contributed by atoms with van der Waals surface area (Å²) in [5, 5.41) is 2.77. The highest BCUT2D eigenvalue weighted by molar-refractivity contribution is 5.78. The van der Waals surface area contributed by atoms with Crippen LogP contribution in [0.25, 0.3) is 22.2 Å². The van der Waals surface area contributed by atoms with Gasteiger partial charge in [-0.3, -0.25) is 14.2 Å². The van der Waals surface area contributed by atoms with Crippen molar-refractivity contribution in [1.82, 2.24) is 34.0 Å². The fourth-order valence-corrected chi connectivity index (χ4v) is 3.21. The SMILES string of the molecule is C[C@H](NC(=O)Cn1c(=O)c2c(ncn2C)n(C)c1=O)c1nc2ccccc2[nH]1. The van der Waals surface area contributed by atoms with Crippen molar-refractivity contribution in [3.05, 3.63) is 57.3 Å². The summed E-state index contributed by atoms with van der Waals surface area (Å²) in [5.41, 5.74) is 1.06. The number of aryl methyl sites for hydroxylation is 2. The van der Waals surface area contributed by atoms with Crippen molar-refractivity contribution >= 4 is 28.1 Å². The largest absolute Gasteiger partial charge is 0.345 e. The Morgan fingerprint density at radius 2 is 2.00 bits per heavy atom. The summed E-state index contributed by atoms with van der Waals surface area (Å²) >= 11 is 0. The van der Waals surface area contributed by atoms with Gasteiger partial charge in [-0.15, -0.1) is 0 Å². The summed E-state index contributed by atoms with van der Waals surface area (Å²) in [6.07, 6.45) is 1.46. The third-order valence-electron chi connectivity index (χ3n) is 4.70. The number of H-pyrrole nitrogens is 1. The van der Waals surface area contributed by atoms with Gasteiger partial charge >= 0.3 is 5.69 Å². The van der Waals surface area contributed by atoms with Gasteiger partial charge in [0.05, 0.1) is 23.4 Å². The highest BCUT2D eigenvalue weighted by Gasteiger charge is 2.19. The van der Waals surface area contributed by atoms with Gasteiger partial charge in [0.2, 0.25) is 5.91 Å². The molecule has 0 radical (unpaired) electrons. The van der Waals surface area contributed by atoms with Crippen LogP contribution >= 0.6 is 0 Å². The van der Waals surface area contributed by atoms with Crippen molar-refractivity contribution in [3.63, 3.8) is 0 Å². The van der Waals surface area contributed by atoms with Crippen LogP contribution in [0.4, 0.5) is 0 Å². The lowest BCUT2D eigenvalue weighted by atomic mass is 10.3. The van der Waals surface area contributed by atoms with E-state index in [2.05, 4.69) is 20.3 Å². The number of para-hydroxylation sites is 2. The van der Waals surface area contributed by atoms with Crippen LogP contribution < -0.4 is 16.6 Å². The van der Waals surface area contributed by atoms with Gasteiger partial charge in [0, 0.05) is 14.1 Å². The van der Waals surface area contributed by atoms with E-state index in [1.54, 1.807) is 14.0 Å². The summed E-state index contributed by atoms with van der Waals surface area (Å²) in [6, 6.07) is 7.13. The molecule has 10 heteroatoms. The fourth-order valence-electron chi connectivity index (χ4n) is 3.21. The van der Waals surface area contributed by atoms with E-state index in [1.807, 2.05) is 24.3 Å². The molecule has 1 atom stereocenters. The lowest BCUT2D eigenvalue weighted by Gasteiger charge is -2.13. The zero-order chi connectivity index (χ0) is 20.0. The number of carbonyl (C=O) groups is 1. The minimum absolute atomic E-state index is 0.264. The van der Waals surface area contributed by atoms with Gasteiger partial charge in [-0.2, -0.15) is 0 Å². The molecule has 2 N–H and O–H groups in total. The van der Waals surface area contributed by atoms with Crippen LogP contribution in [0.3, 0.4) is 0 Å². The monoisotopic (exact) mass is 381 g/mol. The van der Waals surface area contributed by atoms with Crippen LogP contribution in [0.15, 0.2) is 40.2 Å². The number of rotatable bonds is 4.